The van der Waals surface area contributed by atoms with Gasteiger partial charge in [-0.15, -0.1) is 13.2 Å². The van der Waals surface area contributed by atoms with Crippen LogP contribution in [0.3, 0.4) is 0 Å². The Morgan fingerprint density at radius 1 is 1.09 bits per heavy atom. The number of alkyl halides is 3. The number of rotatable bonds is 8. The number of para-hydroxylation sites is 1. The number of ether oxygens (including phenoxy) is 1. The molecule has 0 spiro atoms. The molecule has 0 atom stereocenters. The van der Waals surface area contributed by atoms with Crippen molar-refractivity contribution in [3.8, 4) is 11.4 Å². The van der Waals surface area contributed by atoms with Crippen molar-refractivity contribution in [3.63, 3.8) is 0 Å². The van der Waals surface area contributed by atoms with E-state index in [9.17, 15) is 22.8 Å². The molecule has 2 aromatic carbocycles. The molecular weight excluding hydrogens is 443 g/mol. The zero-order valence-electron chi connectivity index (χ0n) is 17.5. The molecule has 170 valence electrons. The number of carbonyl (C=O) groups is 1. The normalized spacial score (nSPS) is 11.4. The summed E-state index contributed by atoms with van der Waals surface area (Å²) in [5.74, 6) is 0.471. The minimum absolute atomic E-state index is 0.193. The monoisotopic (exact) mass is 465 g/mol. The lowest BCUT2D eigenvalue weighted by Crippen LogP contribution is -2.23. The molecule has 0 saturated heterocycles. The van der Waals surface area contributed by atoms with Crippen LogP contribution in [0.2, 0.25) is 0 Å². The Hall–Kier alpha value is -3.14. The van der Waals surface area contributed by atoms with E-state index in [-0.39, 0.29) is 29.3 Å². The smallest absolute Gasteiger partial charge is 0.406 e. The summed E-state index contributed by atoms with van der Waals surface area (Å²) >= 11 is 1.47. The van der Waals surface area contributed by atoms with Crippen molar-refractivity contribution >= 4 is 23.4 Å². The third-order valence-electron chi connectivity index (χ3n) is 4.72. The number of halogens is 3. The van der Waals surface area contributed by atoms with Gasteiger partial charge in [-0.25, -0.2) is 4.68 Å². The van der Waals surface area contributed by atoms with Crippen molar-refractivity contribution in [1.29, 1.82) is 0 Å². The van der Waals surface area contributed by atoms with Crippen molar-refractivity contribution in [3.05, 3.63) is 76.2 Å². The van der Waals surface area contributed by atoms with Crippen LogP contribution >= 0.6 is 11.8 Å². The van der Waals surface area contributed by atoms with Crippen LogP contribution < -0.4 is 15.6 Å². The Balaban J connectivity index is 1.52. The second-order valence-corrected chi connectivity index (χ2v) is 8.08. The molecule has 1 heterocycles. The Morgan fingerprint density at radius 3 is 2.38 bits per heavy atom. The highest BCUT2D eigenvalue weighted by atomic mass is 32.2. The van der Waals surface area contributed by atoms with E-state index in [0.29, 0.717) is 22.9 Å². The zero-order valence-corrected chi connectivity index (χ0v) is 18.3. The van der Waals surface area contributed by atoms with Gasteiger partial charge in [0.25, 0.3) is 5.56 Å². The van der Waals surface area contributed by atoms with Gasteiger partial charge in [0, 0.05) is 25.0 Å². The summed E-state index contributed by atoms with van der Waals surface area (Å²) in [6.45, 7) is 1.76. The number of hydrogen-bond donors (Lipinski definition) is 1. The van der Waals surface area contributed by atoms with E-state index < -0.39 is 6.36 Å². The predicted octanol–water partition coefficient (Wildman–Crippen LogP) is 4.65. The fraction of sp³-hybridized carbons (Fsp3) is 0.273. The number of benzene rings is 2. The highest BCUT2D eigenvalue weighted by molar-refractivity contribution is 7.98. The molecule has 0 aliphatic carbocycles. The number of amides is 1. The van der Waals surface area contributed by atoms with E-state index in [1.165, 1.54) is 28.6 Å². The van der Waals surface area contributed by atoms with Crippen LogP contribution in [0, 0.1) is 6.92 Å². The van der Waals surface area contributed by atoms with Gasteiger partial charge in [-0.3, -0.25) is 14.3 Å². The summed E-state index contributed by atoms with van der Waals surface area (Å²) in [7, 11) is 1.75. The lowest BCUT2D eigenvalue weighted by atomic mass is 10.2. The second kappa shape index (κ2) is 9.99. The molecule has 0 bridgehead atoms. The largest absolute Gasteiger partial charge is 0.573 e. The second-order valence-electron chi connectivity index (χ2n) is 6.98. The Kier molecular flexibility index (Phi) is 7.34. The van der Waals surface area contributed by atoms with Gasteiger partial charge in [0.15, 0.2) is 0 Å². The third kappa shape index (κ3) is 5.97. The van der Waals surface area contributed by atoms with Crippen LogP contribution in [0.4, 0.5) is 18.9 Å². The maximum absolute atomic E-state index is 12.8. The fourth-order valence-electron chi connectivity index (χ4n) is 3.06. The van der Waals surface area contributed by atoms with E-state index in [1.807, 2.05) is 30.3 Å². The molecule has 0 radical (unpaired) electrons. The minimum atomic E-state index is -4.72. The van der Waals surface area contributed by atoms with Gasteiger partial charge < -0.3 is 10.1 Å². The van der Waals surface area contributed by atoms with Gasteiger partial charge in [0.1, 0.15) is 11.4 Å². The molecule has 6 nitrogen and oxygen atoms in total. The molecule has 10 heteroatoms. The highest BCUT2D eigenvalue weighted by Crippen LogP contribution is 2.24. The molecule has 0 fully saturated rings. The topological polar surface area (TPSA) is 65.3 Å². The number of aromatic nitrogens is 2. The molecule has 0 aliphatic heterocycles. The first kappa shape index (κ1) is 23.5. The van der Waals surface area contributed by atoms with Crippen LogP contribution in [0.25, 0.3) is 5.69 Å². The quantitative estimate of drug-likeness (QED) is 0.492. The van der Waals surface area contributed by atoms with Gasteiger partial charge in [-0.05, 0) is 36.8 Å². The van der Waals surface area contributed by atoms with Crippen molar-refractivity contribution < 1.29 is 22.7 Å². The Morgan fingerprint density at radius 2 is 1.75 bits per heavy atom. The number of hydrogen-bond acceptors (Lipinski definition) is 4. The number of anilines is 1. The summed E-state index contributed by atoms with van der Waals surface area (Å²) in [6.07, 6.45) is -4.52. The van der Waals surface area contributed by atoms with Crippen LogP contribution in [-0.2, 0) is 17.6 Å². The first-order valence-electron chi connectivity index (χ1n) is 9.72. The highest BCUT2D eigenvalue weighted by Gasteiger charge is 2.30. The van der Waals surface area contributed by atoms with Gasteiger partial charge in [-0.2, -0.15) is 11.8 Å². The Labute approximate surface area is 187 Å². The molecule has 1 amide bonds. The molecule has 1 N–H and O–H groups in total. The lowest BCUT2D eigenvalue weighted by Gasteiger charge is -2.09. The van der Waals surface area contributed by atoms with Gasteiger partial charge in [0.05, 0.1) is 11.4 Å². The van der Waals surface area contributed by atoms with E-state index in [0.717, 1.165) is 5.56 Å². The van der Waals surface area contributed by atoms with Crippen LogP contribution in [0.5, 0.6) is 5.75 Å². The maximum Gasteiger partial charge on any atom is 0.573 e. The molecule has 0 unspecified atom stereocenters. The number of thioether (sulfide) groups is 1. The summed E-state index contributed by atoms with van der Waals surface area (Å²) in [6, 6.07) is 14.7. The zero-order chi connectivity index (χ0) is 23.3. The molecular formula is C22H22F3N3O3S. The number of nitrogens with one attached hydrogen (secondary N) is 1. The summed E-state index contributed by atoms with van der Waals surface area (Å²) in [4.78, 5) is 25.2. The molecule has 3 rings (SSSR count). The molecule has 32 heavy (non-hydrogen) atoms. The SMILES string of the molecule is Cc1c(NC(=O)CCSCc2ccc(OC(F)(F)F)cc2)c(=O)n(-c2ccccc2)n1C. The van der Waals surface area contributed by atoms with Crippen LogP contribution in [-0.4, -0.2) is 27.4 Å². The minimum Gasteiger partial charge on any atom is -0.406 e. The lowest BCUT2D eigenvalue weighted by molar-refractivity contribution is -0.274. The average Bonchev–Trinajstić information content (AvgIpc) is 2.95. The average molecular weight is 465 g/mol. The Bertz CT molecular complexity index is 1120. The van der Waals surface area contributed by atoms with Crippen molar-refractivity contribution in [2.45, 2.75) is 25.5 Å². The van der Waals surface area contributed by atoms with E-state index in [4.69, 9.17) is 0 Å². The first-order valence-corrected chi connectivity index (χ1v) is 10.9. The molecule has 0 saturated carbocycles. The third-order valence-corrected chi connectivity index (χ3v) is 5.75. The number of carbonyl (C=O) groups excluding carboxylic acids is 1. The first-order chi connectivity index (χ1) is 15.2. The molecule has 0 aliphatic rings. The van der Waals surface area contributed by atoms with Gasteiger partial charge >= 0.3 is 6.36 Å². The van der Waals surface area contributed by atoms with Crippen molar-refractivity contribution in [1.82, 2.24) is 9.36 Å². The summed E-state index contributed by atoms with van der Waals surface area (Å²) in [5, 5.41) is 2.71. The molecule has 3 aromatic rings. The van der Waals surface area contributed by atoms with Crippen molar-refractivity contribution in [2.24, 2.45) is 7.05 Å². The fourth-order valence-corrected chi connectivity index (χ4v) is 3.96. The molecule has 1 aromatic heterocycles. The van der Waals surface area contributed by atoms with E-state index in [1.54, 1.807) is 30.8 Å². The standard InChI is InChI=1S/C22H22F3N3O3S/c1-15-20(21(30)28(27(15)2)17-6-4-3-5-7-17)26-19(29)12-13-32-14-16-8-10-18(11-9-16)31-22(23,24)25/h3-11H,12-14H2,1-2H3,(H,26,29). The predicted molar refractivity (Wildman–Crippen MR) is 118 cm³/mol. The summed E-state index contributed by atoms with van der Waals surface area (Å²) < 4.78 is 43.6. The van der Waals surface area contributed by atoms with Gasteiger partial charge in [-0.1, -0.05) is 30.3 Å². The van der Waals surface area contributed by atoms with Crippen LogP contribution in [0.15, 0.2) is 59.4 Å². The van der Waals surface area contributed by atoms with Gasteiger partial charge in [0.2, 0.25) is 5.91 Å². The number of nitrogens with zero attached hydrogens (tertiary/aromatic N) is 2. The van der Waals surface area contributed by atoms with Crippen molar-refractivity contribution in [2.75, 3.05) is 11.1 Å². The van der Waals surface area contributed by atoms with E-state index >= 15 is 0 Å². The summed E-state index contributed by atoms with van der Waals surface area (Å²) in [5.41, 5.74) is 2.09. The maximum atomic E-state index is 12.8. The van der Waals surface area contributed by atoms with Crippen LogP contribution in [0.1, 0.15) is 17.7 Å². The van der Waals surface area contributed by atoms with E-state index in [2.05, 4.69) is 10.1 Å².